The number of ether oxygens (including phenoxy) is 1. The molecule has 0 radical (unpaired) electrons. The van der Waals surface area contributed by atoms with Crippen LogP contribution in [-0.4, -0.2) is 76.7 Å². The number of carboxylic acid groups (broad SMARTS) is 1. The zero-order valence-corrected chi connectivity index (χ0v) is 20.9. The normalized spacial score (nSPS) is 16.9. The van der Waals surface area contributed by atoms with Crippen molar-refractivity contribution in [2.75, 3.05) is 25.1 Å². The van der Waals surface area contributed by atoms with Crippen LogP contribution in [0.2, 0.25) is 0 Å². The molecule has 184 valence electrons. The van der Waals surface area contributed by atoms with Gasteiger partial charge in [-0.3, -0.25) is 9.59 Å². The Morgan fingerprint density at radius 2 is 1.69 bits per heavy atom. The van der Waals surface area contributed by atoms with Crippen LogP contribution >= 0.6 is 11.8 Å². The fraction of sp³-hybridized carbons (Fsp3) is 0.818. The van der Waals surface area contributed by atoms with Crippen molar-refractivity contribution in [1.82, 2.24) is 15.5 Å². The number of alkyl carbamates (subject to hydrolysis) is 1. The highest BCUT2D eigenvalue weighted by atomic mass is 32.2. The fourth-order valence-electron chi connectivity index (χ4n) is 3.51. The van der Waals surface area contributed by atoms with Gasteiger partial charge < -0.3 is 25.4 Å². The number of likely N-dealkylation sites (tertiary alicyclic amines) is 1. The maximum Gasteiger partial charge on any atom is 0.408 e. The Morgan fingerprint density at radius 1 is 1.09 bits per heavy atom. The van der Waals surface area contributed by atoms with Crippen LogP contribution in [0.25, 0.3) is 0 Å². The van der Waals surface area contributed by atoms with E-state index in [0.717, 1.165) is 0 Å². The standard InChI is InChI=1S/C22H39N3O6S/c1-14(2)13-17(20(28)29)23-18(26)15-7-10-25(11-8-15)19(27)16(9-12-32-6)24-21(30)31-22(3,4)5/h14-17H,7-13H2,1-6H3,(H,23,26)(H,24,30)(H,28,29)/t16-,17-/m0/s1. The van der Waals surface area contributed by atoms with Gasteiger partial charge in [0.2, 0.25) is 11.8 Å². The summed E-state index contributed by atoms with van der Waals surface area (Å²) in [4.78, 5) is 50.9. The minimum atomic E-state index is -1.04. The smallest absolute Gasteiger partial charge is 0.408 e. The first-order chi connectivity index (χ1) is 14.8. The number of carbonyl (C=O) groups excluding carboxylic acids is 3. The number of carbonyl (C=O) groups is 4. The van der Waals surface area contributed by atoms with Gasteiger partial charge in [-0.1, -0.05) is 13.8 Å². The number of nitrogens with one attached hydrogen (secondary N) is 2. The highest BCUT2D eigenvalue weighted by Gasteiger charge is 2.33. The van der Waals surface area contributed by atoms with Crippen molar-refractivity contribution in [3.05, 3.63) is 0 Å². The third kappa shape index (κ3) is 10.1. The Bertz CT molecular complexity index is 657. The topological polar surface area (TPSA) is 125 Å². The summed E-state index contributed by atoms with van der Waals surface area (Å²) in [6.45, 7) is 9.86. The van der Waals surface area contributed by atoms with Crippen LogP contribution in [0.4, 0.5) is 4.79 Å². The number of hydrogen-bond donors (Lipinski definition) is 3. The average molecular weight is 474 g/mol. The fourth-order valence-corrected chi connectivity index (χ4v) is 3.98. The summed E-state index contributed by atoms with van der Waals surface area (Å²) in [5, 5.41) is 14.7. The molecule has 9 nitrogen and oxygen atoms in total. The minimum Gasteiger partial charge on any atom is -0.480 e. The molecule has 3 N–H and O–H groups in total. The van der Waals surface area contributed by atoms with Gasteiger partial charge in [0, 0.05) is 19.0 Å². The lowest BCUT2D eigenvalue weighted by Gasteiger charge is -2.34. The summed E-state index contributed by atoms with van der Waals surface area (Å²) in [5.74, 6) is -0.993. The zero-order valence-electron chi connectivity index (χ0n) is 20.1. The van der Waals surface area contributed by atoms with Crippen molar-refractivity contribution in [2.24, 2.45) is 11.8 Å². The van der Waals surface area contributed by atoms with Gasteiger partial charge in [0.05, 0.1) is 0 Å². The van der Waals surface area contributed by atoms with Gasteiger partial charge in [0.25, 0.3) is 0 Å². The Balaban J connectivity index is 2.67. The molecule has 3 amide bonds. The van der Waals surface area contributed by atoms with Crippen LogP contribution < -0.4 is 10.6 Å². The second-order valence-electron chi connectivity index (χ2n) is 9.61. The molecule has 1 saturated heterocycles. The molecule has 1 aliphatic rings. The predicted molar refractivity (Wildman–Crippen MR) is 124 cm³/mol. The molecular formula is C22H39N3O6S. The van der Waals surface area contributed by atoms with Gasteiger partial charge in [-0.15, -0.1) is 0 Å². The van der Waals surface area contributed by atoms with E-state index in [2.05, 4.69) is 10.6 Å². The number of hydrogen-bond acceptors (Lipinski definition) is 6. The lowest BCUT2D eigenvalue weighted by atomic mass is 9.94. The third-order valence-corrected chi connectivity index (χ3v) is 5.74. The molecule has 0 aromatic rings. The molecule has 0 unspecified atom stereocenters. The van der Waals surface area contributed by atoms with E-state index in [1.807, 2.05) is 20.1 Å². The Labute approximate surface area is 195 Å². The summed E-state index contributed by atoms with van der Waals surface area (Å²) in [5.41, 5.74) is -0.660. The van der Waals surface area contributed by atoms with Crippen molar-refractivity contribution >= 4 is 35.6 Å². The van der Waals surface area contributed by atoms with E-state index < -0.39 is 29.7 Å². The molecule has 1 fully saturated rings. The largest absolute Gasteiger partial charge is 0.480 e. The van der Waals surface area contributed by atoms with Gasteiger partial charge in [-0.2, -0.15) is 11.8 Å². The summed E-state index contributed by atoms with van der Waals surface area (Å²) >= 11 is 1.59. The van der Waals surface area contributed by atoms with Crippen LogP contribution in [0, 0.1) is 11.8 Å². The van der Waals surface area contributed by atoms with Gasteiger partial charge in [0.15, 0.2) is 0 Å². The lowest BCUT2D eigenvalue weighted by molar-refractivity contribution is -0.143. The molecule has 10 heteroatoms. The van der Waals surface area contributed by atoms with E-state index in [9.17, 15) is 24.3 Å². The molecule has 1 heterocycles. The maximum absolute atomic E-state index is 13.0. The molecule has 1 rings (SSSR count). The van der Waals surface area contributed by atoms with Crippen molar-refractivity contribution < 1.29 is 29.0 Å². The Hall–Kier alpha value is -1.97. The molecular weight excluding hydrogens is 434 g/mol. The van der Waals surface area contributed by atoms with Crippen LogP contribution in [-0.2, 0) is 19.1 Å². The second kappa shape index (κ2) is 12.9. The predicted octanol–water partition coefficient (Wildman–Crippen LogP) is 2.49. The highest BCUT2D eigenvalue weighted by molar-refractivity contribution is 7.98. The maximum atomic E-state index is 13.0. The third-order valence-electron chi connectivity index (χ3n) is 5.10. The number of aliphatic carboxylic acids is 1. The Kier molecular flexibility index (Phi) is 11.3. The molecule has 0 aromatic heterocycles. The SMILES string of the molecule is CSCC[C@H](NC(=O)OC(C)(C)C)C(=O)N1CCC(C(=O)N[C@@H](CC(C)C)C(=O)O)CC1. The number of thioether (sulfide) groups is 1. The van der Waals surface area contributed by atoms with E-state index in [1.54, 1.807) is 37.4 Å². The van der Waals surface area contributed by atoms with Crippen LogP contribution in [0.3, 0.4) is 0 Å². The molecule has 0 saturated carbocycles. The van der Waals surface area contributed by atoms with E-state index in [4.69, 9.17) is 4.74 Å². The van der Waals surface area contributed by atoms with Gasteiger partial charge in [-0.25, -0.2) is 9.59 Å². The molecule has 0 spiro atoms. The first-order valence-corrected chi connectivity index (χ1v) is 12.5. The second-order valence-corrected chi connectivity index (χ2v) is 10.6. The van der Waals surface area contributed by atoms with Gasteiger partial charge in [0.1, 0.15) is 17.7 Å². The number of piperidine rings is 1. The number of nitrogens with zero attached hydrogens (tertiary/aromatic N) is 1. The highest BCUT2D eigenvalue weighted by Crippen LogP contribution is 2.20. The monoisotopic (exact) mass is 473 g/mol. The first kappa shape index (κ1) is 28.1. The van der Waals surface area contributed by atoms with Gasteiger partial charge in [-0.05, 0) is 64.4 Å². The van der Waals surface area contributed by atoms with Gasteiger partial charge >= 0.3 is 12.1 Å². The number of carboxylic acids is 1. The molecule has 0 aliphatic carbocycles. The van der Waals surface area contributed by atoms with E-state index in [1.165, 1.54) is 0 Å². The summed E-state index contributed by atoms with van der Waals surface area (Å²) in [7, 11) is 0. The van der Waals surface area contributed by atoms with Crippen LogP contribution in [0.1, 0.15) is 60.3 Å². The van der Waals surface area contributed by atoms with E-state index in [-0.39, 0.29) is 23.7 Å². The zero-order chi connectivity index (χ0) is 24.5. The van der Waals surface area contributed by atoms with E-state index >= 15 is 0 Å². The van der Waals surface area contributed by atoms with Crippen molar-refractivity contribution in [3.8, 4) is 0 Å². The van der Waals surface area contributed by atoms with Crippen LogP contribution in [0.5, 0.6) is 0 Å². The quantitative estimate of drug-likeness (QED) is 0.445. The van der Waals surface area contributed by atoms with Crippen molar-refractivity contribution in [3.63, 3.8) is 0 Å². The summed E-state index contributed by atoms with van der Waals surface area (Å²) in [6, 6.07) is -1.60. The molecule has 2 atom stereocenters. The first-order valence-electron chi connectivity index (χ1n) is 11.1. The molecule has 32 heavy (non-hydrogen) atoms. The Morgan fingerprint density at radius 3 is 2.16 bits per heavy atom. The molecule has 1 aliphatic heterocycles. The van der Waals surface area contributed by atoms with E-state index in [0.29, 0.717) is 44.5 Å². The molecule has 0 bridgehead atoms. The molecule has 0 aromatic carbocycles. The van der Waals surface area contributed by atoms with Crippen LogP contribution in [0.15, 0.2) is 0 Å². The summed E-state index contributed by atoms with van der Waals surface area (Å²) < 4.78 is 5.29. The lowest BCUT2D eigenvalue weighted by Crippen LogP contribution is -2.53. The number of rotatable bonds is 10. The van der Waals surface area contributed by atoms with Crippen molar-refractivity contribution in [2.45, 2.75) is 78.0 Å². The summed E-state index contributed by atoms with van der Waals surface area (Å²) in [6.07, 6.45) is 3.06. The van der Waals surface area contributed by atoms with Crippen molar-refractivity contribution in [1.29, 1.82) is 0 Å². The average Bonchev–Trinajstić information content (AvgIpc) is 2.68. The minimum absolute atomic E-state index is 0.145. The number of amides is 3.